The zero-order chi connectivity index (χ0) is 13.8. The third-order valence-electron chi connectivity index (χ3n) is 2.75. The van der Waals surface area contributed by atoms with E-state index in [0.29, 0.717) is 17.4 Å². The molecule has 100 valence electrons. The van der Waals surface area contributed by atoms with E-state index < -0.39 is 0 Å². The van der Waals surface area contributed by atoms with Crippen molar-refractivity contribution in [3.05, 3.63) is 71.6 Å². The summed E-state index contributed by atoms with van der Waals surface area (Å²) in [5, 5.41) is 4.67. The van der Waals surface area contributed by atoms with Crippen LogP contribution in [0.25, 0.3) is 5.82 Å². The van der Waals surface area contributed by atoms with Crippen LogP contribution in [0.3, 0.4) is 0 Å². The number of halogens is 1. The van der Waals surface area contributed by atoms with Crippen molar-refractivity contribution < 1.29 is 4.74 Å². The van der Waals surface area contributed by atoms with E-state index in [0.717, 1.165) is 11.3 Å². The molecule has 0 radical (unpaired) electrons. The maximum Gasteiger partial charge on any atom is 0.153 e. The maximum absolute atomic E-state index is 5.82. The second-order valence-electron chi connectivity index (χ2n) is 4.23. The van der Waals surface area contributed by atoms with E-state index in [-0.39, 0.29) is 0 Å². The van der Waals surface area contributed by atoms with E-state index in [1.807, 2.05) is 42.5 Å². The molecule has 1 aromatic carbocycles. The molecule has 0 spiro atoms. The van der Waals surface area contributed by atoms with Gasteiger partial charge < -0.3 is 4.74 Å². The summed E-state index contributed by atoms with van der Waals surface area (Å²) in [4.78, 5) is 4.29. The van der Waals surface area contributed by atoms with Gasteiger partial charge in [-0.15, -0.1) is 0 Å². The first kappa shape index (κ1) is 12.7. The largest absolute Gasteiger partial charge is 0.487 e. The number of hydrogen-bond donors (Lipinski definition) is 0. The molecule has 0 N–H and O–H groups in total. The number of benzene rings is 1. The van der Waals surface area contributed by atoms with Gasteiger partial charge in [-0.2, -0.15) is 5.10 Å². The van der Waals surface area contributed by atoms with Crippen LogP contribution in [0.4, 0.5) is 0 Å². The summed E-state index contributed by atoms with van der Waals surface area (Å²) in [7, 11) is 0. The predicted molar refractivity (Wildman–Crippen MR) is 77.1 cm³/mol. The summed E-state index contributed by atoms with van der Waals surface area (Å²) in [6, 6.07) is 13.7. The average Bonchev–Trinajstić information content (AvgIpc) is 2.93. The molecule has 0 saturated carbocycles. The molecule has 0 bridgehead atoms. The lowest BCUT2D eigenvalue weighted by atomic mass is 10.2. The SMILES string of the molecule is Clc1cnn(-c2ccc(OCc3ccccc3)cn2)c1. The molecule has 20 heavy (non-hydrogen) atoms. The van der Waals surface area contributed by atoms with Crippen molar-refractivity contribution in [2.24, 2.45) is 0 Å². The molecule has 0 unspecified atom stereocenters. The zero-order valence-corrected chi connectivity index (χ0v) is 11.4. The van der Waals surface area contributed by atoms with E-state index in [1.54, 1.807) is 23.3 Å². The van der Waals surface area contributed by atoms with Gasteiger partial charge in [0.1, 0.15) is 12.4 Å². The first-order chi connectivity index (χ1) is 9.81. The number of rotatable bonds is 4. The third kappa shape index (κ3) is 2.97. The number of aromatic nitrogens is 3. The van der Waals surface area contributed by atoms with Crippen molar-refractivity contribution in [2.45, 2.75) is 6.61 Å². The van der Waals surface area contributed by atoms with E-state index in [2.05, 4.69) is 10.1 Å². The smallest absolute Gasteiger partial charge is 0.153 e. The lowest BCUT2D eigenvalue weighted by molar-refractivity contribution is 0.305. The summed E-state index contributed by atoms with van der Waals surface area (Å²) >= 11 is 5.82. The Hall–Kier alpha value is -2.33. The fourth-order valence-corrected chi connectivity index (χ4v) is 1.90. The number of ether oxygens (including phenoxy) is 1. The third-order valence-corrected chi connectivity index (χ3v) is 2.95. The Morgan fingerprint density at radius 2 is 1.90 bits per heavy atom. The van der Waals surface area contributed by atoms with E-state index >= 15 is 0 Å². The number of pyridine rings is 1. The Morgan fingerprint density at radius 3 is 2.55 bits per heavy atom. The van der Waals surface area contributed by atoms with E-state index in [1.165, 1.54) is 0 Å². The van der Waals surface area contributed by atoms with Crippen LogP contribution in [-0.4, -0.2) is 14.8 Å². The highest BCUT2D eigenvalue weighted by molar-refractivity contribution is 6.30. The van der Waals surface area contributed by atoms with Gasteiger partial charge in [-0.05, 0) is 17.7 Å². The molecule has 3 rings (SSSR count). The maximum atomic E-state index is 5.82. The van der Waals surface area contributed by atoms with Gasteiger partial charge in [-0.3, -0.25) is 0 Å². The van der Waals surface area contributed by atoms with Gasteiger partial charge in [0.25, 0.3) is 0 Å². The van der Waals surface area contributed by atoms with Gasteiger partial charge in [0.15, 0.2) is 5.82 Å². The monoisotopic (exact) mass is 285 g/mol. The molecule has 0 atom stereocenters. The summed E-state index contributed by atoms with van der Waals surface area (Å²) in [6.45, 7) is 0.523. The van der Waals surface area contributed by atoms with E-state index in [9.17, 15) is 0 Å². The topological polar surface area (TPSA) is 39.9 Å². The van der Waals surface area contributed by atoms with E-state index in [4.69, 9.17) is 16.3 Å². The summed E-state index contributed by atoms with van der Waals surface area (Å²) in [6.07, 6.45) is 4.95. The summed E-state index contributed by atoms with van der Waals surface area (Å²) in [5.74, 6) is 1.42. The van der Waals surface area contributed by atoms with Crippen LogP contribution >= 0.6 is 11.6 Å². The van der Waals surface area contributed by atoms with Gasteiger partial charge >= 0.3 is 0 Å². The van der Waals surface area contributed by atoms with Crippen LogP contribution in [0.15, 0.2) is 61.1 Å². The van der Waals surface area contributed by atoms with Crippen LogP contribution in [0.2, 0.25) is 5.02 Å². The highest BCUT2D eigenvalue weighted by Crippen LogP contribution is 2.15. The fourth-order valence-electron chi connectivity index (χ4n) is 1.76. The van der Waals surface area contributed by atoms with Crippen LogP contribution in [0, 0.1) is 0 Å². The molecule has 2 aromatic heterocycles. The van der Waals surface area contributed by atoms with Gasteiger partial charge in [0.2, 0.25) is 0 Å². The Morgan fingerprint density at radius 1 is 1.05 bits per heavy atom. The Kier molecular flexibility index (Phi) is 3.65. The Bertz CT molecular complexity index is 680. The first-order valence-electron chi connectivity index (χ1n) is 6.14. The molecule has 5 heteroatoms. The Balaban J connectivity index is 1.67. The summed E-state index contributed by atoms with van der Waals surface area (Å²) in [5.41, 5.74) is 1.12. The highest BCUT2D eigenvalue weighted by Gasteiger charge is 2.01. The molecule has 0 saturated heterocycles. The van der Waals surface area contributed by atoms with Crippen molar-refractivity contribution in [2.75, 3.05) is 0 Å². The molecule has 0 fully saturated rings. The molecule has 3 aromatic rings. The van der Waals surface area contributed by atoms with Crippen molar-refractivity contribution in [3.63, 3.8) is 0 Å². The molecule has 0 aliphatic carbocycles. The average molecular weight is 286 g/mol. The van der Waals surface area contributed by atoms with Gasteiger partial charge in [-0.1, -0.05) is 41.9 Å². The van der Waals surface area contributed by atoms with Crippen molar-refractivity contribution in [1.82, 2.24) is 14.8 Å². The Labute approximate surface area is 121 Å². The van der Waals surface area contributed by atoms with Crippen LogP contribution in [0.5, 0.6) is 5.75 Å². The van der Waals surface area contributed by atoms with Gasteiger partial charge in [0.05, 0.1) is 23.6 Å². The standard InChI is InChI=1S/C15H12ClN3O/c16-13-8-18-19(10-13)15-7-6-14(9-17-15)20-11-12-4-2-1-3-5-12/h1-10H,11H2. The normalized spacial score (nSPS) is 10.4. The molecule has 2 heterocycles. The van der Waals surface area contributed by atoms with Crippen LogP contribution in [0.1, 0.15) is 5.56 Å². The van der Waals surface area contributed by atoms with Crippen LogP contribution in [-0.2, 0) is 6.61 Å². The lowest BCUT2D eigenvalue weighted by Gasteiger charge is -2.06. The molecular weight excluding hydrogens is 274 g/mol. The number of hydrogen-bond acceptors (Lipinski definition) is 3. The van der Waals surface area contributed by atoms with Gasteiger partial charge in [-0.25, -0.2) is 9.67 Å². The first-order valence-corrected chi connectivity index (χ1v) is 6.52. The minimum atomic E-state index is 0.523. The lowest BCUT2D eigenvalue weighted by Crippen LogP contribution is -1.99. The second kappa shape index (κ2) is 5.75. The second-order valence-corrected chi connectivity index (χ2v) is 4.67. The highest BCUT2D eigenvalue weighted by atomic mass is 35.5. The van der Waals surface area contributed by atoms with Gasteiger partial charge in [0, 0.05) is 0 Å². The predicted octanol–water partition coefficient (Wildman–Crippen LogP) is 3.50. The molecule has 4 nitrogen and oxygen atoms in total. The summed E-state index contributed by atoms with van der Waals surface area (Å²) < 4.78 is 7.28. The van der Waals surface area contributed by atoms with Crippen molar-refractivity contribution >= 4 is 11.6 Å². The zero-order valence-electron chi connectivity index (χ0n) is 10.6. The fraction of sp³-hybridized carbons (Fsp3) is 0.0667. The van der Waals surface area contributed by atoms with Crippen molar-refractivity contribution in [3.8, 4) is 11.6 Å². The van der Waals surface area contributed by atoms with Crippen molar-refractivity contribution in [1.29, 1.82) is 0 Å². The van der Waals surface area contributed by atoms with Crippen LogP contribution < -0.4 is 4.74 Å². The minimum Gasteiger partial charge on any atom is -0.487 e. The molecule has 0 amide bonds. The minimum absolute atomic E-state index is 0.523. The number of nitrogens with zero attached hydrogens (tertiary/aromatic N) is 3. The molecule has 0 aliphatic heterocycles. The molecule has 0 aliphatic rings. The quantitative estimate of drug-likeness (QED) is 0.736. The molecular formula is C15H12ClN3O.